The molecule has 3 saturated carbocycles. The summed E-state index contributed by atoms with van der Waals surface area (Å²) in [6.07, 6.45) is 49.9. The number of allylic oxidation sites excluding steroid dienone is 3. The Morgan fingerprint density at radius 1 is 0.661 bits per heavy atom. The summed E-state index contributed by atoms with van der Waals surface area (Å²) in [5.41, 5.74) is 2.79. The molecule has 0 aromatic heterocycles. The Morgan fingerprint density at radius 3 is 1.92 bits per heavy atom. The molecule has 5 aliphatic rings. The van der Waals surface area contributed by atoms with Gasteiger partial charge in [0.15, 0.2) is 0 Å². The minimum absolute atomic E-state index is 0.425. The molecule has 1 heterocycles. The van der Waals surface area contributed by atoms with Crippen LogP contribution in [0.2, 0.25) is 0 Å². The van der Waals surface area contributed by atoms with Crippen LogP contribution < -0.4 is 0 Å². The molecule has 0 N–H and O–H groups in total. The minimum atomic E-state index is 0.425. The summed E-state index contributed by atoms with van der Waals surface area (Å²) < 4.78 is 19.2. The van der Waals surface area contributed by atoms with E-state index in [-0.39, 0.29) is 0 Å². The maximum atomic E-state index is 6.62. The zero-order valence-corrected chi connectivity index (χ0v) is 42.4. The Bertz CT molecular complexity index is 1220. The topological polar surface area (TPSA) is 30.9 Å². The Labute approximate surface area is 386 Å². The van der Waals surface area contributed by atoms with Gasteiger partial charge in [0.05, 0.1) is 25.4 Å². The molecular formula is C58H105NO3. The molecule has 4 fully saturated rings. The summed E-state index contributed by atoms with van der Waals surface area (Å²) >= 11 is 0. The number of unbranched alkanes of at least 4 members (excludes halogenated alkanes) is 15. The van der Waals surface area contributed by atoms with Crippen molar-refractivity contribution in [1.82, 2.24) is 4.90 Å². The molecule has 0 aromatic carbocycles. The van der Waals surface area contributed by atoms with Gasteiger partial charge in [0.25, 0.3) is 0 Å². The van der Waals surface area contributed by atoms with Crippen LogP contribution in [0.5, 0.6) is 0 Å². The van der Waals surface area contributed by atoms with Gasteiger partial charge in [-0.3, -0.25) is 4.90 Å². The number of ether oxygens (including phenoxy) is 3. The van der Waals surface area contributed by atoms with Crippen LogP contribution in [0, 0.1) is 46.3 Å². The molecule has 1 saturated heterocycles. The molecule has 5 rings (SSSR count). The standard InChI is InChI=1S/C58H105NO3/c1-7-8-9-10-11-12-13-14-15-16-17-18-19-20-21-26-42-60-46-51(59-40-24-25-41-59)47-61-43-27-22-23-28-44-62-52-36-38-57(5)50(45-52)32-33-53-55-35-34-54(49(4)31-29-30-48(2)3)58(55,6)39-37-56(53)57/h14-15,32,48-49,51-56H,7-13,16-31,33-47H2,1-6H3/t49-,51-,52+,53+,54-,55?,56?,57+,58-/m1/s1. The molecule has 4 nitrogen and oxygen atoms in total. The van der Waals surface area contributed by atoms with Gasteiger partial charge >= 0.3 is 0 Å². The van der Waals surface area contributed by atoms with Gasteiger partial charge in [-0.25, -0.2) is 0 Å². The highest BCUT2D eigenvalue weighted by molar-refractivity contribution is 5.25. The summed E-state index contributed by atoms with van der Waals surface area (Å²) in [7, 11) is 0. The first kappa shape index (κ1) is 52.3. The molecule has 4 aliphatic carbocycles. The van der Waals surface area contributed by atoms with Crippen LogP contribution in [0.1, 0.15) is 241 Å². The van der Waals surface area contributed by atoms with E-state index < -0.39 is 0 Å². The molecule has 0 radical (unpaired) electrons. The molecule has 0 aromatic rings. The van der Waals surface area contributed by atoms with E-state index in [0.717, 1.165) is 75.0 Å². The van der Waals surface area contributed by atoms with Crippen LogP contribution in [-0.2, 0) is 14.2 Å². The molecule has 4 heteroatoms. The lowest BCUT2D eigenvalue weighted by Gasteiger charge is -2.58. The van der Waals surface area contributed by atoms with E-state index >= 15 is 0 Å². The van der Waals surface area contributed by atoms with Crippen molar-refractivity contribution in [2.75, 3.05) is 46.1 Å². The second kappa shape index (κ2) is 29.2. The Morgan fingerprint density at radius 2 is 1.27 bits per heavy atom. The predicted molar refractivity (Wildman–Crippen MR) is 267 cm³/mol. The van der Waals surface area contributed by atoms with Crippen molar-refractivity contribution < 1.29 is 14.2 Å². The van der Waals surface area contributed by atoms with Gasteiger partial charge in [0.2, 0.25) is 0 Å². The third kappa shape index (κ3) is 16.6. The third-order valence-electron chi connectivity index (χ3n) is 17.9. The minimum Gasteiger partial charge on any atom is -0.380 e. The maximum absolute atomic E-state index is 6.62. The molecule has 9 atom stereocenters. The van der Waals surface area contributed by atoms with Crippen molar-refractivity contribution in [2.24, 2.45) is 46.3 Å². The van der Waals surface area contributed by atoms with Crippen molar-refractivity contribution in [3.05, 3.63) is 23.8 Å². The van der Waals surface area contributed by atoms with E-state index in [1.54, 1.807) is 5.57 Å². The second-order valence-electron chi connectivity index (χ2n) is 22.9. The first-order valence-electron chi connectivity index (χ1n) is 28.1. The van der Waals surface area contributed by atoms with Crippen molar-refractivity contribution >= 4 is 0 Å². The van der Waals surface area contributed by atoms with Gasteiger partial charge in [-0.15, -0.1) is 0 Å². The lowest BCUT2D eigenvalue weighted by Crippen LogP contribution is -2.51. The highest BCUT2D eigenvalue weighted by Crippen LogP contribution is 2.67. The van der Waals surface area contributed by atoms with Crippen LogP contribution in [0.4, 0.5) is 0 Å². The third-order valence-corrected chi connectivity index (χ3v) is 17.9. The number of nitrogens with zero attached hydrogens (tertiary/aromatic N) is 1. The first-order valence-corrected chi connectivity index (χ1v) is 28.1. The number of fused-ring (bicyclic) bond motifs is 5. The monoisotopic (exact) mass is 864 g/mol. The van der Waals surface area contributed by atoms with Gasteiger partial charge in [-0.2, -0.15) is 0 Å². The molecule has 0 spiro atoms. The van der Waals surface area contributed by atoms with Gasteiger partial charge in [-0.05, 0) is 169 Å². The average Bonchev–Trinajstić information content (AvgIpc) is 3.93. The Hall–Kier alpha value is -0.680. The highest BCUT2D eigenvalue weighted by Gasteiger charge is 2.59. The van der Waals surface area contributed by atoms with E-state index in [4.69, 9.17) is 14.2 Å². The van der Waals surface area contributed by atoms with Gasteiger partial charge in [-0.1, -0.05) is 155 Å². The quantitative estimate of drug-likeness (QED) is 0.0476. The molecule has 0 amide bonds. The smallest absolute Gasteiger partial charge is 0.0644 e. The van der Waals surface area contributed by atoms with Crippen molar-refractivity contribution in [3.8, 4) is 0 Å². The zero-order valence-electron chi connectivity index (χ0n) is 42.4. The fourth-order valence-electron chi connectivity index (χ4n) is 14.0. The van der Waals surface area contributed by atoms with Crippen molar-refractivity contribution in [2.45, 2.75) is 253 Å². The number of likely N-dealkylation sites (tertiary alicyclic amines) is 1. The summed E-state index contributed by atoms with van der Waals surface area (Å²) in [6, 6.07) is 0.425. The SMILES string of the molecule is CCCCCCCCC=CCCCCCCCCOC[C@H](COCCCCCCO[C@H]1CC[C@@]2(C)C(=CC[C@@H]3C2CC[C@@]2(C)C3CC[C@@H]2[C@H](C)CCCC(C)C)C1)N1CCCC1. The van der Waals surface area contributed by atoms with Crippen LogP contribution in [-0.4, -0.2) is 63.2 Å². The van der Waals surface area contributed by atoms with Crippen molar-refractivity contribution in [3.63, 3.8) is 0 Å². The van der Waals surface area contributed by atoms with Gasteiger partial charge < -0.3 is 14.2 Å². The molecule has 360 valence electrons. The van der Waals surface area contributed by atoms with E-state index in [2.05, 4.69) is 64.7 Å². The summed E-state index contributed by atoms with van der Waals surface area (Å²) in [4.78, 5) is 2.63. The number of hydrogen-bond acceptors (Lipinski definition) is 4. The van der Waals surface area contributed by atoms with Crippen LogP contribution in [0.3, 0.4) is 0 Å². The van der Waals surface area contributed by atoms with Crippen molar-refractivity contribution in [1.29, 1.82) is 0 Å². The predicted octanol–water partition coefficient (Wildman–Crippen LogP) is 16.5. The Kier molecular flexibility index (Phi) is 24.6. The van der Waals surface area contributed by atoms with Crippen LogP contribution in [0.15, 0.2) is 23.8 Å². The first-order chi connectivity index (χ1) is 30.3. The van der Waals surface area contributed by atoms with E-state index in [0.29, 0.717) is 23.0 Å². The number of hydrogen-bond donors (Lipinski definition) is 0. The summed E-state index contributed by atoms with van der Waals surface area (Å²) in [5.74, 6) is 5.49. The lowest BCUT2D eigenvalue weighted by atomic mass is 9.47. The molecule has 62 heavy (non-hydrogen) atoms. The summed E-state index contributed by atoms with van der Waals surface area (Å²) in [6.45, 7) is 21.9. The molecule has 2 unspecified atom stereocenters. The zero-order chi connectivity index (χ0) is 43.9. The molecule has 0 bridgehead atoms. The highest BCUT2D eigenvalue weighted by atomic mass is 16.5. The largest absolute Gasteiger partial charge is 0.380 e. The van der Waals surface area contributed by atoms with E-state index in [9.17, 15) is 0 Å². The molecule has 1 aliphatic heterocycles. The lowest BCUT2D eigenvalue weighted by molar-refractivity contribution is -0.0641. The second-order valence-corrected chi connectivity index (χ2v) is 22.9. The summed E-state index contributed by atoms with van der Waals surface area (Å²) in [5, 5.41) is 0. The normalized spacial score (nSPS) is 29.9. The average molecular weight is 864 g/mol. The van der Waals surface area contributed by atoms with Crippen LogP contribution in [0.25, 0.3) is 0 Å². The van der Waals surface area contributed by atoms with Crippen LogP contribution >= 0.6 is 0 Å². The van der Waals surface area contributed by atoms with Gasteiger partial charge in [0, 0.05) is 19.8 Å². The maximum Gasteiger partial charge on any atom is 0.0644 e. The van der Waals surface area contributed by atoms with Gasteiger partial charge in [0.1, 0.15) is 0 Å². The van der Waals surface area contributed by atoms with E-state index in [1.165, 1.54) is 206 Å². The number of rotatable bonds is 34. The Balaban J connectivity index is 0.863. The fourth-order valence-corrected chi connectivity index (χ4v) is 14.0. The van der Waals surface area contributed by atoms with E-state index in [1.807, 2.05) is 0 Å². The molecular weight excluding hydrogens is 759 g/mol. The fraction of sp³-hybridized carbons (Fsp3) is 0.931.